The summed E-state index contributed by atoms with van der Waals surface area (Å²) in [6.45, 7) is 0.0425. The second-order valence-corrected chi connectivity index (χ2v) is 7.36. The monoisotopic (exact) mass is 398 g/mol. The topological polar surface area (TPSA) is 99.9 Å². The van der Waals surface area contributed by atoms with Crippen molar-refractivity contribution in [3.63, 3.8) is 0 Å². The Bertz CT molecular complexity index is 1060. The highest BCUT2D eigenvalue weighted by molar-refractivity contribution is 5.95. The molecule has 0 radical (unpaired) electrons. The number of aryl methyl sites for hydroxylation is 2. The number of aromatic nitrogens is 5. The van der Waals surface area contributed by atoms with Crippen LogP contribution in [0.4, 0.5) is 4.39 Å². The van der Waals surface area contributed by atoms with Gasteiger partial charge in [0.15, 0.2) is 11.6 Å². The standard InChI is InChI=1S/C20H23FN6O2/c1-26(10-17-15-5-3-4-6-16(15)23-24-17)20(29)13-7-12(8-14(21)9-13)19-22-18(11-28)25-27(19)2/h7-9,28H,3-6,10-11H2,1-2H3,(H,23,24). The zero-order chi connectivity index (χ0) is 20.5. The van der Waals surface area contributed by atoms with E-state index in [0.29, 0.717) is 17.9 Å². The molecule has 0 saturated heterocycles. The van der Waals surface area contributed by atoms with Gasteiger partial charge in [-0.1, -0.05) is 0 Å². The number of nitrogens with zero attached hydrogens (tertiary/aromatic N) is 5. The van der Waals surface area contributed by atoms with Crippen molar-refractivity contribution in [3.05, 3.63) is 52.4 Å². The Hall–Kier alpha value is -3.07. The number of hydrogen-bond acceptors (Lipinski definition) is 5. The fraction of sp³-hybridized carbons (Fsp3) is 0.400. The van der Waals surface area contributed by atoms with Gasteiger partial charge in [0.25, 0.3) is 5.91 Å². The van der Waals surface area contributed by atoms with Gasteiger partial charge in [0, 0.05) is 30.9 Å². The van der Waals surface area contributed by atoms with Crippen molar-refractivity contribution in [2.24, 2.45) is 7.05 Å². The molecule has 2 N–H and O–H groups in total. The third kappa shape index (κ3) is 3.77. The molecule has 1 aliphatic rings. The summed E-state index contributed by atoms with van der Waals surface area (Å²) in [4.78, 5) is 18.7. The van der Waals surface area contributed by atoms with Crippen molar-refractivity contribution in [3.8, 4) is 11.4 Å². The van der Waals surface area contributed by atoms with Crippen molar-refractivity contribution < 1.29 is 14.3 Å². The van der Waals surface area contributed by atoms with Crippen molar-refractivity contribution in [2.75, 3.05) is 7.05 Å². The van der Waals surface area contributed by atoms with Crippen LogP contribution in [-0.4, -0.2) is 47.9 Å². The Kier molecular flexibility index (Phi) is 5.14. The average molecular weight is 398 g/mol. The third-order valence-electron chi connectivity index (χ3n) is 5.23. The molecule has 9 heteroatoms. The highest BCUT2D eigenvalue weighted by atomic mass is 19.1. The number of fused-ring (bicyclic) bond motifs is 1. The molecule has 0 bridgehead atoms. The van der Waals surface area contributed by atoms with Gasteiger partial charge in [0.05, 0.1) is 12.2 Å². The van der Waals surface area contributed by atoms with Crippen LogP contribution in [0, 0.1) is 5.82 Å². The van der Waals surface area contributed by atoms with Crippen molar-refractivity contribution in [1.82, 2.24) is 29.9 Å². The van der Waals surface area contributed by atoms with Crippen molar-refractivity contribution in [1.29, 1.82) is 0 Å². The zero-order valence-electron chi connectivity index (χ0n) is 16.4. The van der Waals surface area contributed by atoms with Gasteiger partial charge in [-0.15, -0.1) is 0 Å². The molecule has 0 spiro atoms. The molecule has 3 aromatic rings. The number of aliphatic hydroxyl groups is 1. The summed E-state index contributed by atoms with van der Waals surface area (Å²) in [6, 6.07) is 4.10. The lowest BCUT2D eigenvalue weighted by Gasteiger charge is -2.18. The smallest absolute Gasteiger partial charge is 0.254 e. The van der Waals surface area contributed by atoms with Gasteiger partial charge in [-0.05, 0) is 49.4 Å². The Morgan fingerprint density at radius 2 is 2.10 bits per heavy atom. The lowest BCUT2D eigenvalue weighted by Crippen LogP contribution is -2.27. The molecule has 0 unspecified atom stereocenters. The average Bonchev–Trinajstić information content (AvgIpc) is 3.30. The number of carbonyl (C=O) groups excluding carboxylic acids is 1. The van der Waals surface area contributed by atoms with Gasteiger partial charge in [-0.2, -0.15) is 10.2 Å². The van der Waals surface area contributed by atoms with Gasteiger partial charge in [-0.25, -0.2) is 14.1 Å². The van der Waals surface area contributed by atoms with Crippen LogP contribution in [0.15, 0.2) is 18.2 Å². The van der Waals surface area contributed by atoms with E-state index in [4.69, 9.17) is 0 Å². The van der Waals surface area contributed by atoms with Gasteiger partial charge in [0.1, 0.15) is 12.4 Å². The molecule has 29 heavy (non-hydrogen) atoms. The van der Waals surface area contributed by atoms with Crippen molar-refractivity contribution in [2.45, 2.75) is 38.8 Å². The second-order valence-electron chi connectivity index (χ2n) is 7.36. The molecule has 152 valence electrons. The van der Waals surface area contributed by atoms with Gasteiger partial charge in [-0.3, -0.25) is 9.89 Å². The summed E-state index contributed by atoms with van der Waals surface area (Å²) in [6.07, 6.45) is 4.22. The molecule has 0 aliphatic heterocycles. The summed E-state index contributed by atoms with van der Waals surface area (Å²) < 4.78 is 15.7. The minimum absolute atomic E-state index is 0.223. The number of hydrogen-bond donors (Lipinski definition) is 2. The maximum absolute atomic E-state index is 14.3. The number of aromatic amines is 1. The highest BCUT2D eigenvalue weighted by Gasteiger charge is 2.21. The number of rotatable bonds is 5. The zero-order valence-corrected chi connectivity index (χ0v) is 16.4. The van der Waals surface area contributed by atoms with E-state index in [0.717, 1.165) is 37.1 Å². The number of amides is 1. The molecule has 1 amide bonds. The number of H-pyrrole nitrogens is 1. The summed E-state index contributed by atoms with van der Waals surface area (Å²) in [5.41, 5.74) is 3.87. The predicted octanol–water partition coefficient (Wildman–Crippen LogP) is 1.99. The first-order valence-corrected chi connectivity index (χ1v) is 9.58. The molecule has 2 heterocycles. The van der Waals surface area contributed by atoms with Crippen LogP contribution in [0.2, 0.25) is 0 Å². The summed E-state index contributed by atoms with van der Waals surface area (Å²) in [7, 11) is 3.34. The van der Waals surface area contributed by atoms with Crippen LogP contribution < -0.4 is 0 Å². The van der Waals surface area contributed by atoms with Crippen LogP contribution in [0.3, 0.4) is 0 Å². The van der Waals surface area contributed by atoms with Crippen LogP contribution in [0.5, 0.6) is 0 Å². The second kappa shape index (κ2) is 7.75. The molecule has 0 fully saturated rings. The van der Waals surface area contributed by atoms with E-state index < -0.39 is 5.82 Å². The Morgan fingerprint density at radius 3 is 2.86 bits per heavy atom. The molecule has 8 nitrogen and oxygen atoms in total. The minimum atomic E-state index is -0.537. The van der Waals surface area contributed by atoms with Crippen LogP contribution in [0.25, 0.3) is 11.4 Å². The first-order chi connectivity index (χ1) is 14.0. The first kappa shape index (κ1) is 19.3. The van der Waals surface area contributed by atoms with Crippen LogP contribution >= 0.6 is 0 Å². The maximum Gasteiger partial charge on any atom is 0.254 e. The highest BCUT2D eigenvalue weighted by Crippen LogP contribution is 2.24. The van der Waals surface area contributed by atoms with Crippen LogP contribution in [-0.2, 0) is 33.0 Å². The Morgan fingerprint density at radius 1 is 1.31 bits per heavy atom. The van der Waals surface area contributed by atoms with Gasteiger partial charge >= 0.3 is 0 Å². The fourth-order valence-corrected chi connectivity index (χ4v) is 3.80. The van der Waals surface area contributed by atoms with Gasteiger partial charge in [0.2, 0.25) is 0 Å². The van der Waals surface area contributed by atoms with E-state index in [9.17, 15) is 14.3 Å². The Labute approximate surface area is 167 Å². The van der Waals surface area contributed by atoms with E-state index >= 15 is 0 Å². The number of carbonyl (C=O) groups is 1. The molecular formula is C20H23FN6O2. The molecular weight excluding hydrogens is 375 g/mol. The molecule has 1 aromatic carbocycles. The van der Waals surface area contributed by atoms with Gasteiger partial charge < -0.3 is 10.0 Å². The third-order valence-corrected chi connectivity index (χ3v) is 5.23. The minimum Gasteiger partial charge on any atom is -0.388 e. The summed E-state index contributed by atoms with van der Waals surface area (Å²) in [5.74, 6) is -0.223. The van der Waals surface area contributed by atoms with E-state index in [1.807, 2.05) is 0 Å². The summed E-state index contributed by atoms with van der Waals surface area (Å²) in [5, 5.41) is 20.7. The normalized spacial score (nSPS) is 13.4. The maximum atomic E-state index is 14.3. The van der Waals surface area contributed by atoms with Crippen molar-refractivity contribution >= 4 is 5.91 Å². The predicted molar refractivity (Wildman–Crippen MR) is 103 cm³/mol. The molecule has 0 atom stereocenters. The molecule has 2 aromatic heterocycles. The summed E-state index contributed by atoms with van der Waals surface area (Å²) >= 11 is 0. The molecule has 4 rings (SSSR count). The van der Waals surface area contributed by atoms with Crippen LogP contribution in [0.1, 0.15) is 46.0 Å². The van der Waals surface area contributed by atoms with E-state index in [-0.39, 0.29) is 23.9 Å². The quantitative estimate of drug-likeness (QED) is 0.685. The van der Waals surface area contributed by atoms with E-state index in [1.165, 1.54) is 22.4 Å². The lowest BCUT2D eigenvalue weighted by atomic mass is 9.96. The number of benzene rings is 1. The number of aliphatic hydroxyl groups excluding tert-OH is 1. The fourth-order valence-electron chi connectivity index (χ4n) is 3.80. The first-order valence-electron chi connectivity index (χ1n) is 9.58. The largest absolute Gasteiger partial charge is 0.388 e. The molecule has 0 saturated carbocycles. The van der Waals surface area contributed by atoms with E-state index in [2.05, 4.69) is 20.3 Å². The van der Waals surface area contributed by atoms with E-state index in [1.54, 1.807) is 25.1 Å². The number of halogens is 1. The SMILES string of the molecule is CN(Cc1n[nH]c2c1CCCC2)C(=O)c1cc(F)cc(-c2nc(CO)nn2C)c1. The molecule has 1 aliphatic carbocycles. The lowest BCUT2D eigenvalue weighted by molar-refractivity contribution is 0.0782. The number of nitrogens with one attached hydrogen (secondary N) is 1. The Balaban J connectivity index is 1.59.